The second-order valence-corrected chi connectivity index (χ2v) is 5.43. The van der Waals surface area contributed by atoms with Crippen LogP contribution in [-0.4, -0.2) is 11.0 Å². The van der Waals surface area contributed by atoms with E-state index in [4.69, 9.17) is 4.98 Å². The van der Waals surface area contributed by atoms with Crippen molar-refractivity contribution in [1.82, 2.24) is 10.3 Å². The van der Waals surface area contributed by atoms with Gasteiger partial charge in [0.15, 0.2) is 0 Å². The minimum Gasteiger partial charge on any atom is -0.306 e. The largest absolute Gasteiger partial charge is 0.306 e. The van der Waals surface area contributed by atoms with Gasteiger partial charge in [0.25, 0.3) is 0 Å². The summed E-state index contributed by atoms with van der Waals surface area (Å²) in [6, 6.07) is 0.939. The van der Waals surface area contributed by atoms with Gasteiger partial charge >= 0.3 is 0 Å². The summed E-state index contributed by atoms with van der Waals surface area (Å²) in [6.07, 6.45) is 3.75. The van der Waals surface area contributed by atoms with Crippen LogP contribution in [0, 0.1) is 0 Å². The molecular formula is C11H18N2S. The lowest BCUT2D eigenvalue weighted by atomic mass is 10.3. The second kappa shape index (κ2) is 3.99. The number of thiazole rings is 1. The van der Waals surface area contributed by atoms with Crippen LogP contribution in [0.3, 0.4) is 0 Å². The predicted molar refractivity (Wildman–Crippen MR) is 60.8 cm³/mol. The highest BCUT2D eigenvalue weighted by Gasteiger charge is 2.19. The van der Waals surface area contributed by atoms with E-state index in [1.807, 2.05) is 11.3 Å². The van der Waals surface area contributed by atoms with Gasteiger partial charge in [0.2, 0.25) is 0 Å². The highest BCUT2D eigenvalue weighted by atomic mass is 32.1. The van der Waals surface area contributed by atoms with Crippen LogP contribution >= 0.6 is 11.3 Å². The predicted octanol–water partition coefficient (Wildman–Crippen LogP) is 2.69. The van der Waals surface area contributed by atoms with E-state index in [0.717, 1.165) is 0 Å². The van der Waals surface area contributed by atoms with Crippen LogP contribution in [0.1, 0.15) is 48.8 Å². The van der Waals surface area contributed by atoms with Crippen molar-refractivity contribution < 1.29 is 0 Å². The molecule has 0 amide bonds. The fourth-order valence-electron chi connectivity index (χ4n) is 1.97. The molecule has 1 aromatic rings. The minimum atomic E-state index is 0.408. The molecule has 78 valence electrons. The van der Waals surface area contributed by atoms with Gasteiger partial charge in [0.1, 0.15) is 5.01 Å². The molecule has 0 saturated heterocycles. The van der Waals surface area contributed by atoms with Crippen LogP contribution in [0.25, 0.3) is 0 Å². The van der Waals surface area contributed by atoms with Gasteiger partial charge in [-0.1, -0.05) is 13.8 Å². The van der Waals surface area contributed by atoms with E-state index in [1.54, 1.807) is 0 Å². The molecule has 2 nitrogen and oxygen atoms in total. The topological polar surface area (TPSA) is 24.9 Å². The molecular weight excluding hydrogens is 192 g/mol. The molecule has 3 heteroatoms. The van der Waals surface area contributed by atoms with E-state index in [2.05, 4.69) is 26.1 Å². The van der Waals surface area contributed by atoms with Crippen LogP contribution in [0.2, 0.25) is 0 Å². The third-order valence-electron chi connectivity index (χ3n) is 2.57. The smallest absolute Gasteiger partial charge is 0.110 e. The van der Waals surface area contributed by atoms with Crippen LogP contribution in [0.5, 0.6) is 0 Å². The van der Waals surface area contributed by atoms with Crippen molar-refractivity contribution in [1.29, 1.82) is 0 Å². The van der Waals surface area contributed by atoms with Crippen LogP contribution in [0.4, 0.5) is 0 Å². The Balaban J connectivity index is 2.09. The zero-order valence-corrected chi connectivity index (χ0v) is 9.95. The highest BCUT2D eigenvalue weighted by molar-refractivity contribution is 7.11. The van der Waals surface area contributed by atoms with Gasteiger partial charge in [0, 0.05) is 10.9 Å². The van der Waals surface area contributed by atoms with Gasteiger partial charge < -0.3 is 5.32 Å². The van der Waals surface area contributed by atoms with Gasteiger partial charge in [-0.15, -0.1) is 11.3 Å². The molecule has 14 heavy (non-hydrogen) atoms. The minimum absolute atomic E-state index is 0.408. The number of aromatic nitrogens is 1. The molecule has 0 aliphatic heterocycles. The van der Waals surface area contributed by atoms with Crippen molar-refractivity contribution in [3.8, 4) is 0 Å². The zero-order valence-electron chi connectivity index (χ0n) is 9.13. The Morgan fingerprint density at radius 1 is 1.29 bits per heavy atom. The van der Waals surface area contributed by atoms with Gasteiger partial charge in [-0.3, -0.25) is 0 Å². The number of hydrogen-bond donors (Lipinski definition) is 1. The first-order chi connectivity index (χ1) is 6.66. The van der Waals surface area contributed by atoms with Crippen LogP contribution in [0.15, 0.2) is 0 Å². The number of nitrogens with zero attached hydrogens (tertiary/aromatic N) is 1. The molecule has 0 saturated carbocycles. The van der Waals surface area contributed by atoms with Crippen molar-refractivity contribution in [2.24, 2.45) is 0 Å². The molecule has 1 unspecified atom stereocenters. The molecule has 0 bridgehead atoms. The number of hydrogen-bond acceptors (Lipinski definition) is 3. The molecule has 1 N–H and O–H groups in total. The molecule has 1 aliphatic rings. The Morgan fingerprint density at radius 3 is 2.71 bits per heavy atom. The molecule has 1 heterocycles. The monoisotopic (exact) mass is 210 g/mol. The molecule has 1 aromatic heterocycles. The lowest BCUT2D eigenvalue weighted by Crippen LogP contribution is -2.25. The van der Waals surface area contributed by atoms with Crippen molar-refractivity contribution in [3.05, 3.63) is 15.6 Å². The highest BCUT2D eigenvalue weighted by Crippen LogP contribution is 2.30. The van der Waals surface area contributed by atoms with Gasteiger partial charge in [0.05, 0.1) is 11.7 Å². The molecule has 1 aliphatic carbocycles. The van der Waals surface area contributed by atoms with E-state index in [0.29, 0.717) is 12.1 Å². The summed E-state index contributed by atoms with van der Waals surface area (Å²) in [5.41, 5.74) is 1.36. The van der Waals surface area contributed by atoms with Crippen LogP contribution < -0.4 is 5.32 Å². The molecule has 0 radical (unpaired) electrons. The normalized spacial score (nSPS) is 17.4. The summed E-state index contributed by atoms with van der Waals surface area (Å²) >= 11 is 1.90. The first-order valence-corrected chi connectivity index (χ1v) is 6.23. The third-order valence-corrected chi connectivity index (χ3v) is 3.91. The van der Waals surface area contributed by atoms with Crippen LogP contribution in [-0.2, 0) is 12.8 Å². The third kappa shape index (κ3) is 1.98. The summed E-state index contributed by atoms with van der Waals surface area (Å²) in [6.45, 7) is 6.56. The Morgan fingerprint density at radius 2 is 2.07 bits per heavy atom. The van der Waals surface area contributed by atoms with Crippen molar-refractivity contribution in [2.45, 2.75) is 52.1 Å². The van der Waals surface area contributed by atoms with E-state index >= 15 is 0 Å². The van der Waals surface area contributed by atoms with E-state index in [1.165, 1.54) is 34.8 Å². The molecule has 0 aromatic carbocycles. The Bertz CT molecular complexity index is 296. The number of fused-ring (bicyclic) bond motifs is 1. The molecule has 1 atom stereocenters. The number of nitrogens with one attached hydrogen (secondary N) is 1. The fourth-order valence-corrected chi connectivity index (χ4v) is 3.13. The first kappa shape index (κ1) is 10.1. The van der Waals surface area contributed by atoms with Gasteiger partial charge in [-0.05, 0) is 26.2 Å². The van der Waals surface area contributed by atoms with E-state index in [-0.39, 0.29) is 0 Å². The zero-order chi connectivity index (χ0) is 10.1. The number of aryl methyl sites for hydroxylation is 2. The fraction of sp³-hybridized carbons (Fsp3) is 0.727. The average Bonchev–Trinajstić information content (AvgIpc) is 2.58. The molecule has 2 rings (SSSR count). The quantitative estimate of drug-likeness (QED) is 0.829. The summed E-state index contributed by atoms with van der Waals surface area (Å²) in [7, 11) is 0. The molecule has 0 spiro atoms. The summed E-state index contributed by atoms with van der Waals surface area (Å²) < 4.78 is 0. The Hall–Kier alpha value is -0.410. The summed E-state index contributed by atoms with van der Waals surface area (Å²) in [5, 5.41) is 4.76. The Kier molecular flexibility index (Phi) is 2.88. The van der Waals surface area contributed by atoms with Gasteiger partial charge in [-0.2, -0.15) is 0 Å². The lowest BCUT2D eigenvalue weighted by Gasteiger charge is -2.14. The Labute approximate surface area is 89.8 Å². The maximum absolute atomic E-state index is 4.70. The summed E-state index contributed by atoms with van der Waals surface area (Å²) in [5.74, 6) is 0. The van der Waals surface area contributed by atoms with Crippen molar-refractivity contribution >= 4 is 11.3 Å². The van der Waals surface area contributed by atoms with Crippen molar-refractivity contribution in [3.63, 3.8) is 0 Å². The van der Waals surface area contributed by atoms with E-state index in [9.17, 15) is 0 Å². The lowest BCUT2D eigenvalue weighted by molar-refractivity contribution is 0.504. The maximum atomic E-state index is 4.70. The van der Waals surface area contributed by atoms with E-state index < -0.39 is 0 Å². The number of rotatable bonds is 3. The molecule has 0 fully saturated rings. The first-order valence-electron chi connectivity index (χ1n) is 5.41. The van der Waals surface area contributed by atoms with Crippen molar-refractivity contribution in [2.75, 3.05) is 0 Å². The standard InChI is InChI=1S/C11H18N2S/c1-7(2)12-8(3)11-13-9-5-4-6-10(9)14-11/h7-8,12H,4-6H2,1-3H3. The average molecular weight is 210 g/mol. The second-order valence-electron chi connectivity index (χ2n) is 4.32. The van der Waals surface area contributed by atoms with Gasteiger partial charge in [-0.25, -0.2) is 4.98 Å². The summed E-state index contributed by atoms with van der Waals surface area (Å²) in [4.78, 5) is 6.23. The SMILES string of the molecule is CC(C)NC(C)c1nc2c(s1)CCC2. The maximum Gasteiger partial charge on any atom is 0.110 e.